The number of hydrogen-bond donors (Lipinski definition) is 2. The van der Waals surface area contributed by atoms with Crippen LogP contribution in [-0.4, -0.2) is 48.5 Å². The van der Waals surface area contributed by atoms with E-state index in [-0.39, 0.29) is 18.6 Å². The van der Waals surface area contributed by atoms with Gasteiger partial charge in [0.1, 0.15) is 0 Å². The Morgan fingerprint density at radius 3 is 2.17 bits per heavy atom. The van der Waals surface area contributed by atoms with Crippen LogP contribution < -0.4 is 9.47 Å². The summed E-state index contributed by atoms with van der Waals surface area (Å²) >= 11 is 0. The van der Waals surface area contributed by atoms with Crippen LogP contribution in [0.3, 0.4) is 0 Å². The molecular formula is C25H35NO4. The molecule has 0 radical (unpaired) electrons. The summed E-state index contributed by atoms with van der Waals surface area (Å²) in [5.74, 6) is 1.67. The van der Waals surface area contributed by atoms with E-state index in [1.165, 1.54) is 5.56 Å². The monoisotopic (exact) mass is 413 g/mol. The Hall–Kier alpha value is -2.08. The average Bonchev–Trinajstić information content (AvgIpc) is 2.79. The smallest absolute Gasteiger partial charge is 0.161 e. The van der Waals surface area contributed by atoms with E-state index in [0.29, 0.717) is 23.8 Å². The maximum atomic E-state index is 11.0. The van der Waals surface area contributed by atoms with Gasteiger partial charge in [-0.3, -0.25) is 4.90 Å². The van der Waals surface area contributed by atoms with Gasteiger partial charge in [-0.1, -0.05) is 37.3 Å². The summed E-state index contributed by atoms with van der Waals surface area (Å²) in [6.45, 7) is 5.04. The van der Waals surface area contributed by atoms with Gasteiger partial charge in [-0.05, 0) is 73.0 Å². The first-order valence-corrected chi connectivity index (χ1v) is 10.8. The van der Waals surface area contributed by atoms with Crippen molar-refractivity contribution >= 4 is 0 Å². The third-order valence-electron chi connectivity index (χ3n) is 6.37. The molecule has 1 heterocycles. The van der Waals surface area contributed by atoms with Crippen molar-refractivity contribution < 1.29 is 19.7 Å². The number of aliphatic hydroxyl groups excluding tert-OH is 2. The van der Waals surface area contributed by atoms with Crippen LogP contribution in [0, 0.1) is 11.8 Å². The molecule has 0 bridgehead atoms. The zero-order chi connectivity index (χ0) is 21.5. The molecule has 5 nitrogen and oxygen atoms in total. The maximum Gasteiger partial charge on any atom is 0.161 e. The number of nitrogens with zero attached hydrogens (tertiary/aromatic N) is 1. The van der Waals surface area contributed by atoms with Gasteiger partial charge in [0.2, 0.25) is 0 Å². The third kappa shape index (κ3) is 5.54. The SMILES string of the molecule is COc1cc(CO)c(CC(C)C(O)C2CCN(Cc3ccccc3)CC2)cc1OC. The lowest BCUT2D eigenvalue weighted by atomic mass is 9.82. The van der Waals surface area contributed by atoms with Gasteiger partial charge < -0.3 is 19.7 Å². The average molecular weight is 414 g/mol. The molecule has 3 rings (SSSR count). The summed E-state index contributed by atoms with van der Waals surface area (Å²) in [6, 6.07) is 14.3. The lowest BCUT2D eigenvalue weighted by Crippen LogP contribution is -2.39. The van der Waals surface area contributed by atoms with Gasteiger partial charge in [-0.25, -0.2) is 0 Å². The Labute approximate surface area is 180 Å². The summed E-state index contributed by atoms with van der Waals surface area (Å²) in [6.07, 6.45) is 2.36. The molecule has 0 amide bonds. The molecule has 1 fully saturated rings. The van der Waals surface area contributed by atoms with Gasteiger partial charge in [-0.15, -0.1) is 0 Å². The maximum absolute atomic E-state index is 11.0. The Bertz CT molecular complexity index is 787. The van der Waals surface area contributed by atoms with Crippen LogP contribution in [0.2, 0.25) is 0 Å². The van der Waals surface area contributed by atoms with E-state index in [4.69, 9.17) is 9.47 Å². The highest BCUT2D eigenvalue weighted by molar-refractivity contribution is 5.47. The highest BCUT2D eigenvalue weighted by atomic mass is 16.5. The highest BCUT2D eigenvalue weighted by Gasteiger charge is 2.29. The zero-order valence-electron chi connectivity index (χ0n) is 18.4. The summed E-state index contributed by atoms with van der Waals surface area (Å²) < 4.78 is 10.8. The van der Waals surface area contributed by atoms with E-state index in [2.05, 4.69) is 36.1 Å². The third-order valence-corrected chi connectivity index (χ3v) is 6.37. The molecular weight excluding hydrogens is 378 g/mol. The lowest BCUT2D eigenvalue weighted by molar-refractivity contribution is 0.0216. The van der Waals surface area contributed by atoms with Gasteiger partial charge in [0.25, 0.3) is 0 Å². The number of benzene rings is 2. The van der Waals surface area contributed by atoms with E-state index >= 15 is 0 Å². The van der Waals surface area contributed by atoms with Crippen LogP contribution in [0.15, 0.2) is 42.5 Å². The van der Waals surface area contributed by atoms with Gasteiger partial charge in [0.15, 0.2) is 11.5 Å². The summed E-state index contributed by atoms with van der Waals surface area (Å²) in [5, 5.41) is 20.8. The van der Waals surface area contributed by atoms with Crippen molar-refractivity contribution in [2.45, 2.75) is 45.4 Å². The number of rotatable bonds is 9. The Morgan fingerprint density at radius 1 is 1.00 bits per heavy atom. The van der Waals surface area contributed by atoms with Crippen LogP contribution in [0.4, 0.5) is 0 Å². The standard InChI is InChI=1S/C25H35NO4/c1-18(13-21-14-23(29-2)24(30-3)15-22(21)17-27)25(28)20-9-11-26(12-10-20)16-19-7-5-4-6-8-19/h4-8,14-15,18,20,25,27-28H,9-13,16-17H2,1-3H3. The highest BCUT2D eigenvalue weighted by Crippen LogP contribution is 2.33. The van der Waals surface area contributed by atoms with Crippen LogP contribution in [0.5, 0.6) is 11.5 Å². The minimum absolute atomic E-state index is 0.0591. The molecule has 0 saturated carbocycles. The van der Waals surface area contributed by atoms with Crippen LogP contribution in [0.25, 0.3) is 0 Å². The van der Waals surface area contributed by atoms with E-state index in [1.807, 2.05) is 18.2 Å². The first-order valence-electron chi connectivity index (χ1n) is 10.8. The topological polar surface area (TPSA) is 62.2 Å². The predicted octanol–water partition coefficient (Wildman–Crippen LogP) is 3.65. The first-order chi connectivity index (χ1) is 14.5. The van der Waals surface area contributed by atoms with Crippen LogP contribution >= 0.6 is 0 Å². The summed E-state index contributed by atoms with van der Waals surface area (Å²) in [7, 11) is 3.21. The van der Waals surface area contributed by atoms with Crippen molar-refractivity contribution in [1.82, 2.24) is 4.90 Å². The molecule has 0 spiro atoms. The van der Waals surface area contributed by atoms with Gasteiger partial charge in [0, 0.05) is 6.54 Å². The van der Waals surface area contributed by atoms with Crippen molar-refractivity contribution in [3.8, 4) is 11.5 Å². The van der Waals surface area contributed by atoms with Gasteiger partial charge >= 0.3 is 0 Å². The summed E-state index contributed by atoms with van der Waals surface area (Å²) in [5.41, 5.74) is 3.17. The number of aliphatic hydroxyl groups is 2. The number of hydrogen-bond acceptors (Lipinski definition) is 5. The number of ether oxygens (including phenoxy) is 2. The van der Waals surface area contributed by atoms with E-state index in [1.54, 1.807) is 14.2 Å². The second-order valence-corrected chi connectivity index (χ2v) is 8.41. The molecule has 5 heteroatoms. The van der Waals surface area contributed by atoms with Gasteiger partial charge in [0.05, 0.1) is 26.9 Å². The second kappa shape index (κ2) is 10.8. The molecule has 2 N–H and O–H groups in total. The Morgan fingerprint density at radius 2 is 1.60 bits per heavy atom. The first kappa shape index (κ1) is 22.6. The van der Waals surface area contributed by atoms with Crippen molar-refractivity contribution in [3.05, 3.63) is 59.2 Å². The molecule has 30 heavy (non-hydrogen) atoms. The van der Waals surface area contributed by atoms with Gasteiger partial charge in [-0.2, -0.15) is 0 Å². The molecule has 1 aliphatic rings. The molecule has 1 saturated heterocycles. The van der Waals surface area contributed by atoms with Crippen molar-refractivity contribution in [1.29, 1.82) is 0 Å². The molecule has 2 aromatic carbocycles. The quantitative estimate of drug-likeness (QED) is 0.657. The minimum atomic E-state index is -0.358. The number of likely N-dealkylation sites (tertiary alicyclic amines) is 1. The molecule has 2 atom stereocenters. The fraction of sp³-hybridized carbons (Fsp3) is 0.520. The fourth-order valence-electron chi connectivity index (χ4n) is 4.53. The zero-order valence-corrected chi connectivity index (χ0v) is 18.4. The number of piperidine rings is 1. The fourth-order valence-corrected chi connectivity index (χ4v) is 4.53. The Kier molecular flexibility index (Phi) is 8.14. The lowest BCUT2D eigenvalue weighted by Gasteiger charge is -2.36. The van der Waals surface area contributed by atoms with E-state index in [9.17, 15) is 10.2 Å². The van der Waals surface area contributed by atoms with Crippen molar-refractivity contribution in [3.63, 3.8) is 0 Å². The van der Waals surface area contributed by atoms with E-state index in [0.717, 1.165) is 43.6 Å². The van der Waals surface area contributed by atoms with Crippen molar-refractivity contribution in [2.24, 2.45) is 11.8 Å². The molecule has 2 aromatic rings. The van der Waals surface area contributed by atoms with Crippen LogP contribution in [0.1, 0.15) is 36.5 Å². The van der Waals surface area contributed by atoms with Crippen LogP contribution in [-0.2, 0) is 19.6 Å². The largest absolute Gasteiger partial charge is 0.493 e. The molecule has 0 aromatic heterocycles. The summed E-state index contributed by atoms with van der Waals surface area (Å²) in [4.78, 5) is 2.47. The van der Waals surface area contributed by atoms with Crippen molar-refractivity contribution in [2.75, 3.05) is 27.3 Å². The minimum Gasteiger partial charge on any atom is -0.493 e. The normalized spacial score (nSPS) is 17.5. The second-order valence-electron chi connectivity index (χ2n) is 8.41. The predicted molar refractivity (Wildman–Crippen MR) is 119 cm³/mol. The molecule has 164 valence electrons. The van der Waals surface area contributed by atoms with E-state index < -0.39 is 0 Å². The number of methoxy groups -OCH3 is 2. The molecule has 0 aliphatic carbocycles. The Balaban J connectivity index is 1.58. The molecule has 2 unspecified atom stereocenters. The molecule has 1 aliphatic heterocycles.